The molecule has 7 heteroatoms. The van der Waals surface area contributed by atoms with Crippen molar-refractivity contribution in [1.82, 2.24) is 0 Å². The van der Waals surface area contributed by atoms with Gasteiger partial charge in [0.2, 0.25) is 5.91 Å². The molecular weight excluding hydrogens is 390 g/mol. The van der Waals surface area contributed by atoms with E-state index in [1.54, 1.807) is 0 Å². The molecule has 1 aromatic rings. The highest BCUT2D eigenvalue weighted by molar-refractivity contribution is 7.12. The predicted octanol–water partition coefficient (Wildman–Crippen LogP) is 4.38. The Labute approximate surface area is 176 Å². The summed E-state index contributed by atoms with van der Waals surface area (Å²) in [4.78, 5) is 28.5. The minimum absolute atomic E-state index is 0.0338. The molecule has 1 saturated heterocycles. The maximum atomic E-state index is 13.7. The van der Waals surface area contributed by atoms with Crippen molar-refractivity contribution < 1.29 is 23.8 Å². The molecule has 1 aromatic heterocycles. The van der Waals surface area contributed by atoms with Gasteiger partial charge in [0, 0.05) is 24.8 Å². The normalized spacial score (nSPS) is 27.1. The summed E-state index contributed by atoms with van der Waals surface area (Å²) in [6.07, 6.45) is 7.22. The van der Waals surface area contributed by atoms with Gasteiger partial charge >= 0.3 is 5.97 Å². The van der Waals surface area contributed by atoms with E-state index in [0.29, 0.717) is 29.7 Å². The van der Waals surface area contributed by atoms with Gasteiger partial charge in [0.1, 0.15) is 4.88 Å². The summed E-state index contributed by atoms with van der Waals surface area (Å²) in [6, 6.07) is 1.95. The summed E-state index contributed by atoms with van der Waals surface area (Å²) in [5.41, 5.74) is 0.708. The Hall–Kier alpha value is -1.44. The van der Waals surface area contributed by atoms with Crippen LogP contribution in [0.25, 0.3) is 0 Å². The minimum atomic E-state index is -0.467. The van der Waals surface area contributed by atoms with Crippen LogP contribution in [0.1, 0.15) is 68.0 Å². The summed E-state index contributed by atoms with van der Waals surface area (Å²) >= 11 is 1.34. The maximum absolute atomic E-state index is 13.7. The van der Waals surface area contributed by atoms with Gasteiger partial charge in [-0.15, -0.1) is 11.3 Å². The van der Waals surface area contributed by atoms with Crippen molar-refractivity contribution in [3.8, 4) is 0 Å². The summed E-state index contributed by atoms with van der Waals surface area (Å²) in [6.45, 7) is 3.55. The molecule has 6 nitrogen and oxygen atoms in total. The smallest absolute Gasteiger partial charge is 0.350 e. The highest BCUT2D eigenvalue weighted by Gasteiger charge is 2.44. The Morgan fingerprint density at radius 3 is 2.38 bits per heavy atom. The molecule has 160 valence electrons. The van der Waals surface area contributed by atoms with Gasteiger partial charge in [-0.2, -0.15) is 0 Å². The van der Waals surface area contributed by atoms with Crippen LogP contribution >= 0.6 is 11.3 Å². The second-order valence-corrected chi connectivity index (χ2v) is 9.55. The van der Waals surface area contributed by atoms with E-state index in [-0.39, 0.29) is 23.8 Å². The second kappa shape index (κ2) is 8.74. The van der Waals surface area contributed by atoms with Gasteiger partial charge in [-0.3, -0.25) is 4.79 Å². The van der Waals surface area contributed by atoms with E-state index in [1.165, 1.54) is 18.4 Å². The maximum Gasteiger partial charge on any atom is 0.350 e. The number of methoxy groups -OCH3 is 1. The Bertz CT molecular complexity index is 723. The predicted molar refractivity (Wildman–Crippen MR) is 111 cm³/mol. The van der Waals surface area contributed by atoms with Gasteiger partial charge in [0.15, 0.2) is 5.79 Å². The lowest BCUT2D eigenvalue weighted by Crippen LogP contribution is -2.49. The SMILES string of the molecule is COC(=O)c1sccc1N(C(=O)C1CCC(C)CC1)C1CCC2(CC1)OCCO2. The van der Waals surface area contributed by atoms with E-state index >= 15 is 0 Å². The molecule has 4 rings (SSSR count). The number of hydrogen-bond acceptors (Lipinski definition) is 6. The van der Waals surface area contributed by atoms with Crippen LogP contribution in [-0.4, -0.2) is 44.0 Å². The quantitative estimate of drug-likeness (QED) is 0.675. The Morgan fingerprint density at radius 2 is 1.76 bits per heavy atom. The van der Waals surface area contributed by atoms with Gasteiger partial charge in [0.25, 0.3) is 0 Å². The summed E-state index contributed by atoms with van der Waals surface area (Å²) in [7, 11) is 1.39. The third-order valence-electron chi connectivity index (χ3n) is 6.77. The lowest BCUT2D eigenvalue weighted by Gasteiger charge is -2.42. The lowest BCUT2D eigenvalue weighted by atomic mass is 9.81. The topological polar surface area (TPSA) is 65.1 Å². The number of rotatable bonds is 4. The highest BCUT2D eigenvalue weighted by Crippen LogP contribution is 2.41. The largest absolute Gasteiger partial charge is 0.465 e. The van der Waals surface area contributed by atoms with Gasteiger partial charge in [-0.1, -0.05) is 6.92 Å². The monoisotopic (exact) mass is 421 g/mol. The van der Waals surface area contributed by atoms with Gasteiger partial charge in [-0.25, -0.2) is 4.79 Å². The third kappa shape index (κ3) is 4.23. The van der Waals surface area contributed by atoms with Crippen molar-refractivity contribution in [2.75, 3.05) is 25.2 Å². The summed E-state index contributed by atoms with van der Waals surface area (Å²) in [5.74, 6) is 0.0390. The molecule has 0 N–H and O–H groups in total. The van der Waals surface area contributed by atoms with Crippen molar-refractivity contribution in [3.05, 3.63) is 16.3 Å². The number of carbonyl (C=O) groups is 2. The number of thiophene rings is 1. The number of nitrogens with zero attached hydrogens (tertiary/aromatic N) is 1. The number of carbonyl (C=O) groups excluding carboxylic acids is 2. The Kier molecular flexibility index (Phi) is 6.27. The number of esters is 1. The fourth-order valence-electron chi connectivity index (χ4n) is 5.02. The van der Waals surface area contributed by atoms with E-state index in [4.69, 9.17) is 14.2 Å². The molecule has 0 aromatic carbocycles. The van der Waals surface area contributed by atoms with Crippen molar-refractivity contribution in [2.24, 2.45) is 11.8 Å². The van der Waals surface area contributed by atoms with Gasteiger partial charge in [-0.05, 0) is 55.9 Å². The molecule has 2 saturated carbocycles. The van der Waals surface area contributed by atoms with Crippen LogP contribution in [-0.2, 0) is 19.0 Å². The molecule has 29 heavy (non-hydrogen) atoms. The van der Waals surface area contributed by atoms with Crippen LogP contribution in [0, 0.1) is 11.8 Å². The molecule has 2 heterocycles. The van der Waals surface area contributed by atoms with Crippen LogP contribution in [0.4, 0.5) is 5.69 Å². The van der Waals surface area contributed by atoms with Gasteiger partial charge in [0.05, 0.1) is 26.0 Å². The molecule has 0 unspecified atom stereocenters. The van der Waals surface area contributed by atoms with Crippen molar-refractivity contribution in [1.29, 1.82) is 0 Å². The van der Waals surface area contributed by atoms with Crippen molar-refractivity contribution >= 4 is 28.9 Å². The van der Waals surface area contributed by atoms with E-state index in [0.717, 1.165) is 51.4 Å². The number of anilines is 1. The van der Waals surface area contributed by atoms with E-state index < -0.39 is 5.79 Å². The first-order chi connectivity index (χ1) is 14.0. The molecule has 0 atom stereocenters. The first kappa shape index (κ1) is 20.8. The molecule has 3 aliphatic rings. The molecule has 2 aliphatic carbocycles. The zero-order valence-corrected chi connectivity index (χ0v) is 18.2. The average molecular weight is 422 g/mol. The first-order valence-electron chi connectivity index (χ1n) is 10.8. The molecule has 1 aliphatic heterocycles. The Balaban J connectivity index is 1.58. The molecule has 3 fully saturated rings. The first-order valence-corrected chi connectivity index (χ1v) is 11.7. The van der Waals surface area contributed by atoms with Gasteiger partial charge < -0.3 is 19.1 Å². The van der Waals surface area contributed by atoms with Crippen LogP contribution in [0.3, 0.4) is 0 Å². The fourth-order valence-corrected chi connectivity index (χ4v) is 5.82. The lowest BCUT2D eigenvalue weighted by molar-refractivity contribution is -0.179. The standard InChI is InChI=1S/C22H31NO5S/c1-15-3-5-16(6-4-15)20(24)23(18-9-14-29-19(18)21(25)26-2)17-7-10-22(11-8-17)27-12-13-28-22/h9,14-17H,3-8,10-13H2,1-2H3. The molecule has 0 bridgehead atoms. The Morgan fingerprint density at radius 1 is 1.10 bits per heavy atom. The number of ether oxygens (including phenoxy) is 3. The zero-order chi connectivity index (χ0) is 20.4. The summed E-state index contributed by atoms with van der Waals surface area (Å²) in [5, 5.41) is 1.87. The van der Waals surface area contributed by atoms with Crippen molar-refractivity contribution in [3.63, 3.8) is 0 Å². The molecule has 0 radical (unpaired) electrons. The third-order valence-corrected chi connectivity index (χ3v) is 7.66. The van der Waals surface area contributed by atoms with Crippen LogP contribution < -0.4 is 4.90 Å². The van der Waals surface area contributed by atoms with Crippen LogP contribution in [0.15, 0.2) is 11.4 Å². The fraction of sp³-hybridized carbons (Fsp3) is 0.727. The minimum Gasteiger partial charge on any atom is -0.465 e. The molecule has 1 amide bonds. The summed E-state index contributed by atoms with van der Waals surface area (Å²) < 4.78 is 16.7. The van der Waals surface area contributed by atoms with E-state index in [2.05, 4.69) is 6.92 Å². The van der Waals surface area contributed by atoms with Crippen molar-refractivity contribution in [2.45, 2.75) is 70.1 Å². The van der Waals surface area contributed by atoms with Crippen LogP contribution in [0.2, 0.25) is 0 Å². The second-order valence-electron chi connectivity index (χ2n) is 8.63. The zero-order valence-electron chi connectivity index (χ0n) is 17.4. The highest BCUT2D eigenvalue weighted by atomic mass is 32.1. The van der Waals surface area contributed by atoms with Crippen LogP contribution in [0.5, 0.6) is 0 Å². The number of hydrogen-bond donors (Lipinski definition) is 0. The van der Waals surface area contributed by atoms with E-state index in [1.807, 2.05) is 16.3 Å². The number of amides is 1. The molecular formula is C22H31NO5S. The average Bonchev–Trinajstić information content (AvgIpc) is 3.40. The molecule has 1 spiro atoms. The van der Waals surface area contributed by atoms with E-state index in [9.17, 15) is 9.59 Å².